The molecule has 0 rings (SSSR count). The van der Waals surface area contributed by atoms with E-state index in [9.17, 15) is 14.4 Å². The average molecular weight is 362 g/mol. The standard InChI is InChI=1S/C15H28N2O6.C2H6/c1-12(2)14(19)10-23-9-8-21-6-5-17-15(20)11-22-7-4-16-13(3)18;1-2/h12H,4-11H2,1-3H3,(H,16,18)(H,17,20);1-2H3. The van der Waals surface area contributed by atoms with Crippen LogP contribution in [0.3, 0.4) is 0 Å². The summed E-state index contributed by atoms with van der Waals surface area (Å²) in [5.74, 6) is -0.328. The molecule has 0 atom stereocenters. The first-order valence-electron chi connectivity index (χ1n) is 8.70. The number of carbonyl (C=O) groups excluding carboxylic acids is 3. The van der Waals surface area contributed by atoms with E-state index in [4.69, 9.17) is 14.2 Å². The van der Waals surface area contributed by atoms with Gasteiger partial charge < -0.3 is 24.8 Å². The molecule has 0 saturated heterocycles. The highest BCUT2D eigenvalue weighted by atomic mass is 16.5. The van der Waals surface area contributed by atoms with Gasteiger partial charge in [-0.3, -0.25) is 14.4 Å². The van der Waals surface area contributed by atoms with Crippen LogP contribution in [0, 0.1) is 5.92 Å². The van der Waals surface area contributed by atoms with Crippen molar-refractivity contribution < 1.29 is 28.6 Å². The molecule has 0 spiro atoms. The van der Waals surface area contributed by atoms with E-state index < -0.39 is 0 Å². The van der Waals surface area contributed by atoms with Crippen molar-refractivity contribution in [3.8, 4) is 0 Å². The SMILES string of the molecule is CC.CC(=O)NCCOCC(=O)NCCOCCOCC(=O)C(C)C. The van der Waals surface area contributed by atoms with Crippen LogP contribution >= 0.6 is 0 Å². The minimum atomic E-state index is -0.241. The minimum Gasteiger partial charge on any atom is -0.377 e. The molecule has 0 aromatic rings. The summed E-state index contributed by atoms with van der Waals surface area (Å²) in [4.78, 5) is 33.2. The fourth-order valence-corrected chi connectivity index (χ4v) is 1.34. The summed E-state index contributed by atoms with van der Waals surface area (Å²) < 4.78 is 15.5. The predicted molar refractivity (Wildman–Crippen MR) is 95.3 cm³/mol. The van der Waals surface area contributed by atoms with Crippen LogP contribution < -0.4 is 10.6 Å². The van der Waals surface area contributed by atoms with Crippen molar-refractivity contribution in [2.24, 2.45) is 5.92 Å². The lowest BCUT2D eigenvalue weighted by atomic mass is 10.1. The second-order valence-electron chi connectivity index (χ2n) is 5.17. The Morgan fingerprint density at radius 1 is 0.800 bits per heavy atom. The van der Waals surface area contributed by atoms with Crippen LogP contribution in [-0.2, 0) is 28.6 Å². The molecule has 0 fully saturated rings. The van der Waals surface area contributed by atoms with Gasteiger partial charge in [0.1, 0.15) is 13.2 Å². The lowest BCUT2D eigenvalue weighted by molar-refractivity contribution is -0.127. The summed E-state index contributed by atoms with van der Waals surface area (Å²) in [5.41, 5.74) is 0. The van der Waals surface area contributed by atoms with Gasteiger partial charge in [-0.05, 0) is 0 Å². The Labute approximate surface area is 151 Å². The maximum absolute atomic E-state index is 11.4. The van der Waals surface area contributed by atoms with Gasteiger partial charge in [-0.25, -0.2) is 0 Å². The van der Waals surface area contributed by atoms with Crippen molar-refractivity contribution in [1.29, 1.82) is 0 Å². The van der Waals surface area contributed by atoms with Crippen molar-refractivity contribution >= 4 is 17.6 Å². The van der Waals surface area contributed by atoms with E-state index in [1.807, 2.05) is 27.7 Å². The van der Waals surface area contributed by atoms with Crippen LogP contribution in [0.2, 0.25) is 0 Å². The summed E-state index contributed by atoms with van der Waals surface area (Å²) >= 11 is 0. The van der Waals surface area contributed by atoms with Gasteiger partial charge in [0.05, 0.1) is 26.4 Å². The van der Waals surface area contributed by atoms with Gasteiger partial charge in [0.15, 0.2) is 5.78 Å². The zero-order valence-electron chi connectivity index (χ0n) is 16.2. The largest absolute Gasteiger partial charge is 0.377 e. The number of Topliss-reactive ketones (excluding diaryl/α,β-unsaturated/α-hetero) is 1. The van der Waals surface area contributed by atoms with Crippen LogP contribution in [0.15, 0.2) is 0 Å². The topological polar surface area (TPSA) is 103 Å². The lowest BCUT2D eigenvalue weighted by Gasteiger charge is -2.08. The Morgan fingerprint density at radius 2 is 1.32 bits per heavy atom. The van der Waals surface area contributed by atoms with Crippen molar-refractivity contribution in [2.75, 3.05) is 52.7 Å². The molecular weight excluding hydrogens is 328 g/mol. The maximum atomic E-state index is 11.4. The van der Waals surface area contributed by atoms with Crippen LogP contribution in [0.25, 0.3) is 0 Å². The highest BCUT2D eigenvalue weighted by molar-refractivity contribution is 5.81. The van der Waals surface area contributed by atoms with Gasteiger partial charge in [0, 0.05) is 25.9 Å². The van der Waals surface area contributed by atoms with Gasteiger partial charge in [-0.1, -0.05) is 27.7 Å². The third-order valence-electron chi connectivity index (χ3n) is 2.68. The van der Waals surface area contributed by atoms with E-state index in [1.54, 1.807) is 0 Å². The minimum absolute atomic E-state index is 0.0217. The lowest BCUT2D eigenvalue weighted by Crippen LogP contribution is -2.32. The molecule has 0 heterocycles. The molecule has 0 aromatic carbocycles. The van der Waals surface area contributed by atoms with Gasteiger partial charge in [0.2, 0.25) is 11.8 Å². The van der Waals surface area contributed by atoms with Crippen LogP contribution in [0.5, 0.6) is 0 Å². The summed E-state index contributed by atoms with van der Waals surface area (Å²) in [6.45, 7) is 11.2. The third-order valence-corrected chi connectivity index (χ3v) is 2.68. The fourth-order valence-electron chi connectivity index (χ4n) is 1.34. The molecule has 0 radical (unpaired) electrons. The van der Waals surface area contributed by atoms with Gasteiger partial charge in [-0.2, -0.15) is 0 Å². The number of rotatable bonds is 14. The Hall–Kier alpha value is -1.51. The molecular formula is C17H34N2O6. The molecule has 8 heteroatoms. The molecule has 0 aliphatic heterocycles. The van der Waals surface area contributed by atoms with E-state index in [2.05, 4.69) is 10.6 Å². The highest BCUT2D eigenvalue weighted by Gasteiger charge is 2.06. The van der Waals surface area contributed by atoms with Crippen LogP contribution in [-0.4, -0.2) is 70.3 Å². The van der Waals surface area contributed by atoms with E-state index in [0.717, 1.165) is 0 Å². The summed E-state index contributed by atoms with van der Waals surface area (Å²) in [6.07, 6.45) is 0. The normalized spacial score (nSPS) is 10.0. The molecule has 0 saturated carbocycles. The second kappa shape index (κ2) is 18.8. The zero-order chi connectivity index (χ0) is 19.5. The van der Waals surface area contributed by atoms with E-state index in [0.29, 0.717) is 32.9 Å². The first kappa shape index (κ1) is 25.7. The molecule has 0 aromatic heterocycles. The van der Waals surface area contributed by atoms with Crippen molar-refractivity contribution in [2.45, 2.75) is 34.6 Å². The van der Waals surface area contributed by atoms with Gasteiger partial charge >= 0.3 is 0 Å². The zero-order valence-corrected chi connectivity index (χ0v) is 16.2. The molecule has 0 aliphatic carbocycles. The van der Waals surface area contributed by atoms with E-state index in [-0.39, 0.29) is 43.3 Å². The fraction of sp³-hybridized carbons (Fsp3) is 0.824. The van der Waals surface area contributed by atoms with Gasteiger partial charge in [0.25, 0.3) is 0 Å². The van der Waals surface area contributed by atoms with Crippen LogP contribution in [0.1, 0.15) is 34.6 Å². The Morgan fingerprint density at radius 3 is 1.92 bits per heavy atom. The Bertz CT molecular complexity index is 361. The van der Waals surface area contributed by atoms with Crippen molar-refractivity contribution in [1.82, 2.24) is 10.6 Å². The number of amides is 2. The summed E-state index contributed by atoms with van der Waals surface area (Å²) in [6, 6.07) is 0. The first-order valence-corrected chi connectivity index (χ1v) is 8.70. The monoisotopic (exact) mass is 362 g/mol. The third kappa shape index (κ3) is 20.4. The van der Waals surface area contributed by atoms with E-state index in [1.165, 1.54) is 6.92 Å². The molecule has 2 N–H and O–H groups in total. The number of nitrogens with one attached hydrogen (secondary N) is 2. The highest BCUT2D eigenvalue weighted by Crippen LogP contribution is 1.94. The summed E-state index contributed by atoms with van der Waals surface area (Å²) in [7, 11) is 0. The molecule has 25 heavy (non-hydrogen) atoms. The molecule has 8 nitrogen and oxygen atoms in total. The van der Waals surface area contributed by atoms with Crippen molar-refractivity contribution in [3.05, 3.63) is 0 Å². The number of carbonyl (C=O) groups is 3. The number of ether oxygens (including phenoxy) is 3. The smallest absolute Gasteiger partial charge is 0.246 e. The molecule has 148 valence electrons. The maximum Gasteiger partial charge on any atom is 0.246 e. The molecule has 0 aliphatic rings. The number of hydrogen-bond donors (Lipinski definition) is 2. The Kier molecular flexibility index (Phi) is 19.4. The van der Waals surface area contributed by atoms with Crippen molar-refractivity contribution in [3.63, 3.8) is 0 Å². The molecule has 0 bridgehead atoms. The Balaban J connectivity index is 0. The molecule has 0 unspecified atom stereocenters. The summed E-state index contributed by atoms with van der Waals surface area (Å²) in [5, 5.41) is 5.20. The predicted octanol–water partition coefficient (Wildman–Crippen LogP) is 0.540. The number of hydrogen-bond acceptors (Lipinski definition) is 6. The number of ketones is 1. The van der Waals surface area contributed by atoms with E-state index >= 15 is 0 Å². The van der Waals surface area contributed by atoms with Crippen LogP contribution in [0.4, 0.5) is 0 Å². The average Bonchev–Trinajstić information content (AvgIpc) is 2.58. The second-order valence-corrected chi connectivity index (χ2v) is 5.17. The molecule has 2 amide bonds. The first-order chi connectivity index (χ1) is 11.9. The van der Waals surface area contributed by atoms with Gasteiger partial charge in [-0.15, -0.1) is 0 Å². The quantitative estimate of drug-likeness (QED) is 0.437.